The molecule has 0 amide bonds. The zero-order valence-corrected chi connectivity index (χ0v) is 17.7. The molecule has 2 heterocycles. The molecule has 1 aliphatic heterocycles. The Morgan fingerprint density at radius 3 is 2.53 bits per heavy atom. The Hall–Kier alpha value is -2.94. The first-order chi connectivity index (χ1) is 14.2. The summed E-state index contributed by atoms with van der Waals surface area (Å²) in [5.74, 6) is -0.285. The molecule has 0 unspecified atom stereocenters. The molecule has 0 spiro atoms. The van der Waals surface area contributed by atoms with Crippen LogP contribution in [0.4, 0.5) is 0 Å². The van der Waals surface area contributed by atoms with Gasteiger partial charge in [-0.1, -0.05) is 47.7 Å². The van der Waals surface area contributed by atoms with Gasteiger partial charge in [0.15, 0.2) is 0 Å². The van der Waals surface area contributed by atoms with Gasteiger partial charge in [-0.25, -0.2) is 9.48 Å². The number of aromatic nitrogens is 3. The fraction of sp³-hybridized carbons (Fsp3) is 0.381. The second-order valence-electron chi connectivity index (χ2n) is 8.23. The summed E-state index contributed by atoms with van der Waals surface area (Å²) >= 11 is 1.24. The summed E-state index contributed by atoms with van der Waals surface area (Å²) < 4.78 is 5.79. The minimum atomic E-state index is -1.49. The van der Waals surface area contributed by atoms with Gasteiger partial charge in [0.25, 0.3) is 6.04 Å². The third-order valence-electron chi connectivity index (χ3n) is 5.09. The highest BCUT2D eigenvalue weighted by Gasteiger charge is 2.65. The number of thioether (sulfide) groups is 1. The molecular formula is C21H22N4O4S. The lowest BCUT2D eigenvalue weighted by Gasteiger charge is -2.32. The Morgan fingerprint density at radius 1 is 1.20 bits per heavy atom. The first-order valence-corrected chi connectivity index (χ1v) is 10.6. The fourth-order valence-electron chi connectivity index (χ4n) is 3.88. The van der Waals surface area contributed by atoms with Gasteiger partial charge in [0.2, 0.25) is 4.75 Å². The lowest BCUT2D eigenvalue weighted by Crippen LogP contribution is -2.50. The molecule has 0 bridgehead atoms. The Morgan fingerprint density at radius 2 is 1.87 bits per heavy atom. The molecule has 1 aliphatic rings. The van der Waals surface area contributed by atoms with E-state index in [1.807, 2.05) is 24.3 Å². The van der Waals surface area contributed by atoms with Crippen molar-refractivity contribution in [2.45, 2.75) is 43.2 Å². The summed E-state index contributed by atoms with van der Waals surface area (Å²) in [5, 5.41) is 20.8. The van der Waals surface area contributed by atoms with Crippen LogP contribution in [0.25, 0.3) is 11.0 Å². The number of para-hydroxylation sites is 1. The minimum Gasteiger partial charge on any atom is -0.458 e. The van der Waals surface area contributed by atoms with Crippen molar-refractivity contribution in [3.05, 3.63) is 70.3 Å². The van der Waals surface area contributed by atoms with E-state index < -0.39 is 28.4 Å². The van der Waals surface area contributed by atoms with E-state index in [4.69, 9.17) is 4.74 Å². The van der Waals surface area contributed by atoms with Gasteiger partial charge in [0.05, 0.1) is 5.52 Å². The van der Waals surface area contributed by atoms with Gasteiger partial charge in [-0.2, -0.15) is 0 Å². The van der Waals surface area contributed by atoms with Gasteiger partial charge in [-0.3, -0.25) is 10.1 Å². The SMILES string of the molecule is CC(C)(C)OC(=O)[C@@]1(c2ccccc2)SC[C@@H](n2nnc3ccccc32)[C@@H]1[N+](=O)[O-]. The van der Waals surface area contributed by atoms with Crippen molar-refractivity contribution in [1.82, 2.24) is 15.0 Å². The van der Waals surface area contributed by atoms with E-state index in [0.29, 0.717) is 22.3 Å². The highest BCUT2D eigenvalue weighted by Crippen LogP contribution is 2.53. The number of fused-ring (bicyclic) bond motifs is 1. The van der Waals surface area contributed by atoms with Gasteiger partial charge >= 0.3 is 5.97 Å². The van der Waals surface area contributed by atoms with E-state index >= 15 is 0 Å². The van der Waals surface area contributed by atoms with Crippen molar-refractivity contribution in [1.29, 1.82) is 0 Å². The summed E-state index contributed by atoms with van der Waals surface area (Å²) in [6.45, 7) is 5.27. The maximum absolute atomic E-state index is 13.5. The van der Waals surface area contributed by atoms with Crippen molar-refractivity contribution in [3.8, 4) is 0 Å². The van der Waals surface area contributed by atoms with E-state index in [-0.39, 0.29) is 4.92 Å². The zero-order valence-electron chi connectivity index (χ0n) is 16.9. The predicted molar refractivity (Wildman–Crippen MR) is 114 cm³/mol. The van der Waals surface area contributed by atoms with Crippen LogP contribution < -0.4 is 0 Å². The molecule has 0 N–H and O–H groups in total. The molecule has 8 nitrogen and oxygen atoms in total. The van der Waals surface area contributed by atoms with Crippen LogP contribution >= 0.6 is 11.8 Å². The van der Waals surface area contributed by atoms with Crippen molar-refractivity contribution in [2.24, 2.45) is 0 Å². The van der Waals surface area contributed by atoms with Crippen molar-refractivity contribution in [2.75, 3.05) is 5.75 Å². The van der Waals surface area contributed by atoms with Gasteiger partial charge in [-0.15, -0.1) is 16.9 Å². The van der Waals surface area contributed by atoms with E-state index in [1.54, 1.807) is 55.8 Å². The van der Waals surface area contributed by atoms with Gasteiger partial charge < -0.3 is 4.74 Å². The van der Waals surface area contributed by atoms with Crippen molar-refractivity contribution >= 4 is 28.8 Å². The molecule has 1 fully saturated rings. The largest absolute Gasteiger partial charge is 0.458 e. The number of nitro groups is 1. The van der Waals surface area contributed by atoms with E-state index in [2.05, 4.69) is 10.3 Å². The number of hydrogen-bond acceptors (Lipinski definition) is 7. The number of benzene rings is 2. The maximum atomic E-state index is 13.5. The Kier molecular flexibility index (Phi) is 5.01. The van der Waals surface area contributed by atoms with Crippen molar-refractivity contribution in [3.63, 3.8) is 0 Å². The molecule has 4 rings (SSSR count). The molecule has 156 valence electrons. The standard InChI is InChI=1S/C21H22N4O4S/c1-20(2,3)29-19(26)21(14-9-5-4-6-10-14)18(25(27)28)17(13-30-21)24-16-12-8-7-11-15(16)22-23-24/h4-12,17-18H,13H2,1-3H3/t17-,18+,21+/m1/s1. The van der Waals surface area contributed by atoms with Crippen LogP contribution in [0.5, 0.6) is 0 Å². The summed E-state index contributed by atoms with van der Waals surface area (Å²) in [7, 11) is 0. The monoisotopic (exact) mass is 426 g/mol. The van der Waals surface area contributed by atoms with E-state index in [9.17, 15) is 14.9 Å². The Labute approximate surface area is 177 Å². The average molecular weight is 426 g/mol. The minimum absolute atomic E-state index is 0.327. The quantitative estimate of drug-likeness (QED) is 0.357. The first-order valence-electron chi connectivity index (χ1n) is 9.60. The van der Waals surface area contributed by atoms with E-state index in [1.165, 1.54) is 11.8 Å². The molecule has 0 aliphatic carbocycles. The van der Waals surface area contributed by atoms with Crippen molar-refractivity contribution < 1.29 is 14.5 Å². The maximum Gasteiger partial charge on any atom is 0.334 e. The number of hydrogen-bond donors (Lipinski definition) is 0. The predicted octanol–water partition coefficient (Wildman–Crippen LogP) is 3.60. The molecule has 1 saturated heterocycles. The number of esters is 1. The number of carbonyl (C=O) groups excluding carboxylic acids is 1. The summed E-state index contributed by atoms with van der Waals surface area (Å²) in [5.41, 5.74) is 1.12. The average Bonchev–Trinajstić information content (AvgIpc) is 3.29. The molecule has 0 saturated carbocycles. The van der Waals surface area contributed by atoms with Gasteiger partial charge in [0, 0.05) is 10.7 Å². The second kappa shape index (κ2) is 7.39. The lowest BCUT2D eigenvalue weighted by molar-refractivity contribution is -0.532. The van der Waals surface area contributed by atoms with Crippen LogP contribution in [0.2, 0.25) is 0 Å². The van der Waals surface area contributed by atoms with Crippen LogP contribution in [0.3, 0.4) is 0 Å². The normalized spacial score (nSPS) is 24.1. The lowest BCUT2D eigenvalue weighted by atomic mass is 9.87. The Bertz CT molecular complexity index is 1100. The van der Waals surface area contributed by atoms with Crippen LogP contribution in [-0.2, 0) is 14.3 Å². The number of nitrogens with zero attached hydrogens (tertiary/aromatic N) is 4. The van der Waals surface area contributed by atoms with Crippen LogP contribution in [-0.4, -0.2) is 43.3 Å². The molecule has 0 radical (unpaired) electrons. The topological polar surface area (TPSA) is 100 Å². The third-order valence-corrected chi connectivity index (χ3v) is 6.69. The summed E-state index contributed by atoms with van der Waals surface area (Å²) in [6.07, 6.45) is 0. The molecule has 30 heavy (non-hydrogen) atoms. The molecule has 2 aromatic carbocycles. The molecular weight excluding hydrogens is 404 g/mol. The number of rotatable bonds is 4. The third kappa shape index (κ3) is 3.32. The van der Waals surface area contributed by atoms with E-state index in [0.717, 1.165) is 0 Å². The molecule has 3 aromatic rings. The van der Waals surface area contributed by atoms with Gasteiger partial charge in [-0.05, 0) is 38.5 Å². The van der Waals surface area contributed by atoms with Crippen LogP contribution in [0, 0.1) is 10.1 Å². The second-order valence-corrected chi connectivity index (χ2v) is 9.50. The zero-order chi connectivity index (χ0) is 21.5. The molecule has 9 heteroatoms. The summed E-state index contributed by atoms with van der Waals surface area (Å²) in [4.78, 5) is 25.5. The van der Waals surface area contributed by atoms with Gasteiger partial charge in [0.1, 0.15) is 17.2 Å². The molecule has 1 aromatic heterocycles. The van der Waals surface area contributed by atoms with Crippen LogP contribution in [0.15, 0.2) is 54.6 Å². The fourth-order valence-corrected chi connectivity index (χ4v) is 5.51. The number of carbonyl (C=O) groups is 1. The number of ether oxygens (including phenoxy) is 1. The Balaban J connectivity index is 1.88. The van der Waals surface area contributed by atoms with Crippen LogP contribution in [0.1, 0.15) is 32.4 Å². The highest BCUT2D eigenvalue weighted by molar-refractivity contribution is 8.01. The highest BCUT2D eigenvalue weighted by atomic mass is 32.2. The smallest absolute Gasteiger partial charge is 0.334 e. The summed E-state index contributed by atoms with van der Waals surface area (Å²) in [6, 6.07) is 14.2. The first kappa shape index (κ1) is 20.3. The molecule has 3 atom stereocenters.